The maximum Gasteiger partial charge on any atom is 0.124 e. The summed E-state index contributed by atoms with van der Waals surface area (Å²) in [7, 11) is 0. The molecular weight excluding hydrogens is 250 g/mol. The highest BCUT2D eigenvalue weighted by Gasteiger charge is 2.07. The molecule has 0 amide bonds. The van der Waals surface area contributed by atoms with E-state index in [0.717, 1.165) is 30.8 Å². The second-order valence-electron chi connectivity index (χ2n) is 4.30. The predicted octanol–water partition coefficient (Wildman–Crippen LogP) is 2.99. The molecule has 18 heavy (non-hydrogen) atoms. The smallest absolute Gasteiger partial charge is 0.124 e. The average molecular weight is 272 g/mol. The average Bonchev–Trinajstić information content (AvgIpc) is 2.37. The van der Waals surface area contributed by atoms with Gasteiger partial charge in [-0.25, -0.2) is 0 Å². The van der Waals surface area contributed by atoms with E-state index < -0.39 is 6.10 Å². The second kappa shape index (κ2) is 8.35. The van der Waals surface area contributed by atoms with Crippen molar-refractivity contribution < 1.29 is 9.84 Å². The SMILES string of the molecule is CCCNCc1cc(Cl)ccc1OCC(O)CC. The number of nitrogens with one attached hydrogen (secondary N) is 1. The summed E-state index contributed by atoms with van der Waals surface area (Å²) in [4.78, 5) is 0. The number of benzene rings is 1. The highest BCUT2D eigenvalue weighted by atomic mass is 35.5. The van der Waals surface area contributed by atoms with Gasteiger partial charge in [0.15, 0.2) is 0 Å². The monoisotopic (exact) mass is 271 g/mol. The zero-order chi connectivity index (χ0) is 13.4. The van der Waals surface area contributed by atoms with Crippen molar-refractivity contribution in [2.75, 3.05) is 13.2 Å². The maximum atomic E-state index is 9.51. The first kappa shape index (κ1) is 15.3. The fourth-order valence-electron chi connectivity index (χ4n) is 1.53. The molecular formula is C14H22ClNO2. The fraction of sp³-hybridized carbons (Fsp3) is 0.571. The lowest BCUT2D eigenvalue weighted by molar-refractivity contribution is 0.104. The highest BCUT2D eigenvalue weighted by Crippen LogP contribution is 2.23. The van der Waals surface area contributed by atoms with Crippen LogP contribution in [0.25, 0.3) is 0 Å². The van der Waals surface area contributed by atoms with Crippen LogP contribution in [-0.2, 0) is 6.54 Å². The summed E-state index contributed by atoms with van der Waals surface area (Å²) in [6.45, 7) is 6.06. The van der Waals surface area contributed by atoms with Crippen molar-refractivity contribution in [1.82, 2.24) is 5.32 Å². The van der Waals surface area contributed by atoms with Gasteiger partial charge in [-0.05, 0) is 37.6 Å². The fourth-order valence-corrected chi connectivity index (χ4v) is 1.73. The summed E-state index contributed by atoms with van der Waals surface area (Å²) < 4.78 is 5.63. The topological polar surface area (TPSA) is 41.5 Å². The van der Waals surface area contributed by atoms with E-state index in [1.807, 2.05) is 19.1 Å². The Kier molecular flexibility index (Phi) is 7.09. The zero-order valence-electron chi connectivity index (χ0n) is 11.1. The molecule has 0 fully saturated rings. The van der Waals surface area contributed by atoms with Crippen LogP contribution in [0.15, 0.2) is 18.2 Å². The number of aliphatic hydroxyl groups is 1. The van der Waals surface area contributed by atoms with Gasteiger partial charge >= 0.3 is 0 Å². The molecule has 1 aromatic carbocycles. The first-order valence-electron chi connectivity index (χ1n) is 6.47. The number of halogens is 1. The van der Waals surface area contributed by atoms with Crippen molar-refractivity contribution in [3.8, 4) is 5.75 Å². The van der Waals surface area contributed by atoms with Crippen LogP contribution in [0, 0.1) is 0 Å². The Bertz CT molecular complexity index is 358. The number of aliphatic hydroxyl groups excluding tert-OH is 1. The summed E-state index contributed by atoms with van der Waals surface area (Å²) in [5.74, 6) is 0.788. The van der Waals surface area contributed by atoms with Crippen molar-refractivity contribution in [1.29, 1.82) is 0 Å². The Balaban J connectivity index is 2.63. The van der Waals surface area contributed by atoms with E-state index in [1.54, 1.807) is 6.07 Å². The normalized spacial score (nSPS) is 12.4. The molecule has 0 aliphatic rings. The molecule has 3 nitrogen and oxygen atoms in total. The van der Waals surface area contributed by atoms with Crippen molar-refractivity contribution >= 4 is 11.6 Å². The van der Waals surface area contributed by atoms with Crippen molar-refractivity contribution in [3.05, 3.63) is 28.8 Å². The zero-order valence-corrected chi connectivity index (χ0v) is 11.8. The first-order chi connectivity index (χ1) is 8.67. The van der Waals surface area contributed by atoms with Gasteiger partial charge in [0.2, 0.25) is 0 Å². The van der Waals surface area contributed by atoms with Gasteiger partial charge in [-0.3, -0.25) is 0 Å². The van der Waals surface area contributed by atoms with E-state index in [1.165, 1.54) is 0 Å². The van der Waals surface area contributed by atoms with Crippen LogP contribution in [-0.4, -0.2) is 24.4 Å². The lowest BCUT2D eigenvalue weighted by Gasteiger charge is -2.14. The summed E-state index contributed by atoms with van der Waals surface area (Å²) in [5, 5.41) is 13.5. The van der Waals surface area contributed by atoms with Crippen LogP contribution in [0.5, 0.6) is 5.75 Å². The van der Waals surface area contributed by atoms with Gasteiger partial charge in [-0.2, -0.15) is 0 Å². The van der Waals surface area contributed by atoms with Gasteiger partial charge in [0.1, 0.15) is 12.4 Å². The third kappa shape index (κ3) is 5.25. The molecule has 1 rings (SSSR count). The van der Waals surface area contributed by atoms with Crippen LogP contribution in [0.2, 0.25) is 5.02 Å². The molecule has 4 heteroatoms. The van der Waals surface area contributed by atoms with Crippen LogP contribution in [0.3, 0.4) is 0 Å². The summed E-state index contributed by atoms with van der Waals surface area (Å²) >= 11 is 5.99. The van der Waals surface area contributed by atoms with E-state index in [9.17, 15) is 5.11 Å². The minimum atomic E-state index is -0.419. The Labute approximate surface area is 114 Å². The predicted molar refractivity (Wildman–Crippen MR) is 75.2 cm³/mol. The largest absolute Gasteiger partial charge is 0.491 e. The number of rotatable bonds is 8. The molecule has 102 valence electrons. The molecule has 0 saturated carbocycles. The van der Waals surface area contributed by atoms with Crippen LogP contribution in [0.1, 0.15) is 32.3 Å². The summed E-state index contributed by atoms with van der Waals surface area (Å²) in [5.41, 5.74) is 1.03. The Morgan fingerprint density at radius 2 is 2.17 bits per heavy atom. The lowest BCUT2D eigenvalue weighted by Crippen LogP contribution is -2.18. The quantitative estimate of drug-likeness (QED) is 0.714. The van der Waals surface area contributed by atoms with Gasteiger partial charge < -0.3 is 15.2 Å². The van der Waals surface area contributed by atoms with E-state index in [4.69, 9.17) is 16.3 Å². The molecule has 0 aliphatic carbocycles. The van der Waals surface area contributed by atoms with Crippen molar-refractivity contribution in [3.63, 3.8) is 0 Å². The maximum absolute atomic E-state index is 9.51. The standard InChI is InChI=1S/C14H22ClNO2/c1-3-7-16-9-11-8-12(15)5-6-14(11)18-10-13(17)4-2/h5-6,8,13,16-17H,3-4,7,9-10H2,1-2H3. The molecule has 2 N–H and O–H groups in total. The third-order valence-corrected chi connectivity index (χ3v) is 2.90. The highest BCUT2D eigenvalue weighted by molar-refractivity contribution is 6.30. The Hall–Kier alpha value is -0.770. The van der Waals surface area contributed by atoms with E-state index >= 15 is 0 Å². The molecule has 0 spiro atoms. The Morgan fingerprint density at radius 1 is 1.39 bits per heavy atom. The molecule has 1 unspecified atom stereocenters. The molecule has 0 saturated heterocycles. The number of ether oxygens (including phenoxy) is 1. The van der Waals surface area contributed by atoms with Crippen LogP contribution in [0.4, 0.5) is 0 Å². The molecule has 0 aliphatic heterocycles. The molecule has 0 bridgehead atoms. The van der Waals surface area contributed by atoms with Gasteiger partial charge in [0.25, 0.3) is 0 Å². The van der Waals surface area contributed by atoms with Crippen molar-refractivity contribution in [2.24, 2.45) is 0 Å². The van der Waals surface area contributed by atoms with E-state index in [2.05, 4.69) is 12.2 Å². The number of hydrogen-bond donors (Lipinski definition) is 2. The van der Waals surface area contributed by atoms with E-state index in [-0.39, 0.29) is 0 Å². The van der Waals surface area contributed by atoms with Gasteiger partial charge in [-0.1, -0.05) is 25.4 Å². The van der Waals surface area contributed by atoms with Gasteiger partial charge in [-0.15, -0.1) is 0 Å². The number of hydrogen-bond acceptors (Lipinski definition) is 3. The molecule has 0 aromatic heterocycles. The van der Waals surface area contributed by atoms with Gasteiger partial charge in [0.05, 0.1) is 6.10 Å². The molecule has 1 aromatic rings. The minimum absolute atomic E-state index is 0.318. The first-order valence-corrected chi connectivity index (χ1v) is 6.85. The van der Waals surface area contributed by atoms with Crippen molar-refractivity contribution in [2.45, 2.75) is 39.3 Å². The van der Waals surface area contributed by atoms with E-state index in [0.29, 0.717) is 18.1 Å². The van der Waals surface area contributed by atoms with Crippen LogP contribution >= 0.6 is 11.6 Å². The molecule has 0 heterocycles. The van der Waals surface area contributed by atoms with Crippen LogP contribution < -0.4 is 10.1 Å². The third-order valence-electron chi connectivity index (χ3n) is 2.67. The second-order valence-corrected chi connectivity index (χ2v) is 4.74. The molecule has 0 radical (unpaired) electrons. The Morgan fingerprint density at radius 3 is 2.83 bits per heavy atom. The minimum Gasteiger partial charge on any atom is -0.491 e. The lowest BCUT2D eigenvalue weighted by atomic mass is 10.2. The summed E-state index contributed by atoms with van der Waals surface area (Å²) in [6, 6.07) is 5.56. The van der Waals surface area contributed by atoms with Gasteiger partial charge in [0, 0.05) is 17.1 Å². The summed E-state index contributed by atoms with van der Waals surface area (Å²) in [6.07, 6.45) is 1.36. The molecule has 1 atom stereocenters.